The van der Waals surface area contributed by atoms with E-state index in [0.717, 1.165) is 12.1 Å². The SMILES string of the molecule is CC[C@H](C)[C@H](N)C1=N[C@H](C(=O)NC(c2nc(C(=O)OC)cs2)C(C)C)O[C@H]1C. The van der Waals surface area contributed by atoms with Gasteiger partial charge in [0.15, 0.2) is 5.69 Å². The average Bonchev–Trinajstić information content (AvgIpc) is 3.30. The van der Waals surface area contributed by atoms with Crippen molar-refractivity contribution in [3.05, 3.63) is 16.1 Å². The molecule has 28 heavy (non-hydrogen) atoms. The molecule has 2 heterocycles. The molecule has 1 unspecified atom stereocenters. The number of amides is 1. The second-order valence-electron chi connectivity index (χ2n) is 7.39. The van der Waals surface area contributed by atoms with E-state index in [1.54, 1.807) is 5.38 Å². The first-order valence-electron chi connectivity index (χ1n) is 9.52. The normalized spacial score (nSPS) is 22.5. The molecule has 0 radical (unpaired) electrons. The van der Waals surface area contributed by atoms with Gasteiger partial charge in [-0.05, 0) is 18.8 Å². The Hall–Kier alpha value is -1.84. The largest absolute Gasteiger partial charge is 0.464 e. The summed E-state index contributed by atoms with van der Waals surface area (Å²) in [6.45, 7) is 9.92. The second kappa shape index (κ2) is 9.58. The van der Waals surface area contributed by atoms with Crippen LogP contribution in [0.15, 0.2) is 10.4 Å². The molecule has 1 aromatic rings. The fraction of sp³-hybridized carbons (Fsp3) is 0.684. The fourth-order valence-corrected chi connectivity index (χ4v) is 3.93. The Bertz CT molecular complexity index is 733. The number of ether oxygens (including phenoxy) is 2. The highest BCUT2D eigenvalue weighted by Crippen LogP contribution is 2.26. The number of hydrogen-bond acceptors (Lipinski definition) is 8. The number of nitrogens with two attached hydrogens (primary N) is 1. The van der Waals surface area contributed by atoms with Crippen LogP contribution < -0.4 is 11.1 Å². The molecular weight excluding hydrogens is 380 g/mol. The van der Waals surface area contributed by atoms with E-state index < -0.39 is 12.2 Å². The molecule has 0 aromatic carbocycles. The van der Waals surface area contributed by atoms with E-state index in [-0.39, 0.29) is 41.6 Å². The second-order valence-corrected chi connectivity index (χ2v) is 8.28. The molecule has 1 aliphatic heterocycles. The van der Waals surface area contributed by atoms with Gasteiger partial charge in [0.2, 0.25) is 6.23 Å². The van der Waals surface area contributed by atoms with Crippen LogP contribution >= 0.6 is 11.3 Å². The van der Waals surface area contributed by atoms with Gasteiger partial charge < -0.3 is 20.5 Å². The van der Waals surface area contributed by atoms with E-state index in [2.05, 4.69) is 29.1 Å². The summed E-state index contributed by atoms with van der Waals surface area (Å²) >= 11 is 1.30. The number of methoxy groups -OCH3 is 1. The predicted octanol–water partition coefficient (Wildman–Crippen LogP) is 2.30. The zero-order valence-electron chi connectivity index (χ0n) is 17.3. The summed E-state index contributed by atoms with van der Waals surface area (Å²) in [4.78, 5) is 33.2. The maximum atomic E-state index is 12.8. The van der Waals surface area contributed by atoms with Gasteiger partial charge in [0.05, 0.1) is 25.0 Å². The Morgan fingerprint density at radius 1 is 1.39 bits per heavy atom. The van der Waals surface area contributed by atoms with Gasteiger partial charge in [-0.25, -0.2) is 14.8 Å². The van der Waals surface area contributed by atoms with Gasteiger partial charge in [0.25, 0.3) is 5.91 Å². The highest BCUT2D eigenvalue weighted by molar-refractivity contribution is 7.09. The van der Waals surface area contributed by atoms with E-state index in [4.69, 9.17) is 15.2 Å². The van der Waals surface area contributed by atoms with E-state index in [0.29, 0.717) is 5.01 Å². The van der Waals surface area contributed by atoms with Crippen molar-refractivity contribution in [3.8, 4) is 0 Å². The topological polar surface area (TPSA) is 116 Å². The molecule has 0 fully saturated rings. The molecule has 3 N–H and O–H groups in total. The first-order valence-corrected chi connectivity index (χ1v) is 10.4. The van der Waals surface area contributed by atoms with Crippen LogP contribution in [0.1, 0.15) is 62.6 Å². The fourth-order valence-electron chi connectivity index (χ4n) is 2.92. The summed E-state index contributed by atoms with van der Waals surface area (Å²) in [7, 11) is 1.31. The Balaban J connectivity index is 2.13. The minimum absolute atomic E-state index is 0.0604. The molecule has 2 rings (SSSR count). The van der Waals surface area contributed by atoms with E-state index in [1.807, 2.05) is 20.8 Å². The third kappa shape index (κ3) is 4.95. The Morgan fingerprint density at radius 2 is 2.07 bits per heavy atom. The maximum Gasteiger partial charge on any atom is 0.357 e. The van der Waals surface area contributed by atoms with Gasteiger partial charge in [-0.15, -0.1) is 11.3 Å². The lowest BCUT2D eigenvalue weighted by atomic mass is 9.94. The highest BCUT2D eigenvalue weighted by atomic mass is 32.1. The number of aromatic nitrogens is 1. The average molecular weight is 411 g/mol. The van der Waals surface area contributed by atoms with E-state index >= 15 is 0 Å². The molecule has 0 spiro atoms. The van der Waals surface area contributed by atoms with Crippen LogP contribution in [0, 0.1) is 11.8 Å². The van der Waals surface area contributed by atoms with Crippen LogP contribution in [0.25, 0.3) is 0 Å². The van der Waals surface area contributed by atoms with Gasteiger partial charge >= 0.3 is 5.97 Å². The van der Waals surface area contributed by atoms with Crippen molar-refractivity contribution >= 4 is 28.9 Å². The van der Waals surface area contributed by atoms with Gasteiger partial charge in [-0.2, -0.15) is 0 Å². The molecule has 1 aromatic heterocycles. The number of thiazole rings is 1. The number of esters is 1. The van der Waals surface area contributed by atoms with Crippen LogP contribution in [0.3, 0.4) is 0 Å². The Kier molecular flexibility index (Phi) is 7.68. The molecular formula is C19H30N4O4S. The standard InChI is InChI=1S/C19H30N4O4S/c1-7-10(4)13(20)15-11(5)27-17(23-15)16(24)22-14(9(2)3)18-21-12(8-28-18)19(25)26-6/h8-11,13-14,17H,7,20H2,1-6H3,(H,22,24)/t10-,11-,13-,14?,17-/m0/s1. The monoisotopic (exact) mass is 410 g/mol. The highest BCUT2D eigenvalue weighted by Gasteiger charge is 2.36. The number of aliphatic imine (C=N–C) groups is 1. The smallest absolute Gasteiger partial charge is 0.357 e. The molecule has 0 aliphatic carbocycles. The van der Waals surface area contributed by atoms with E-state index in [9.17, 15) is 9.59 Å². The number of nitrogens with zero attached hydrogens (tertiary/aromatic N) is 2. The number of carbonyl (C=O) groups excluding carboxylic acids is 2. The quantitative estimate of drug-likeness (QED) is 0.635. The number of nitrogens with one attached hydrogen (secondary N) is 1. The molecule has 9 heteroatoms. The van der Waals surface area contributed by atoms with Gasteiger partial charge in [-0.1, -0.05) is 34.1 Å². The molecule has 156 valence electrons. The minimum Gasteiger partial charge on any atom is -0.464 e. The molecule has 0 bridgehead atoms. The van der Waals surface area contributed by atoms with Crippen molar-refractivity contribution in [2.24, 2.45) is 22.6 Å². The van der Waals surface area contributed by atoms with Crippen molar-refractivity contribution in [2.45, 2.75) is 65.5 Å². The van der Waals surface area contributed by atoms with Crippen LogP contribution in [-0.4, -0.2) is 48.1 Å². The van der Waals surface area contributed by atoms with Crippen molar-refractivity contribution in [3.63, 3.8) is 0 Å². The summed E-state index contributed by atoms with van der Waals surface area (Å²) in [5, 5.41) is 5.21. The molecule has 5 atom stereocenters. The van der Waals surface area contributed by atoms with E-state index in [1.165, 1.54) is 18.4 Å². The number of carbonyl (C=O) groups is 2. The summed E-state index contributed by atoms with van der Waals surface area (Å²) in [6.07, 6.45) is -0.310. The molecule has 1 aliphatic rings. The van der Waals surface area contributed by atoms with Crippen LogP contribution in [-0.2, 0) is 14.3 Å². The number of rotatable bonds is 8. The Labute approximate surface area is 169 Å². The van der Waals surface area contributed by atoms with Crippen LogP contribution in [0.4, 0.5) is 0 Å². The third-order valence-corrected chi connectivity index (χ3v) is 5.91. The summed E-state index contributed by atoms with van der Waals surface area (Å²) in [6, 6.07) is -0.599. The van der Waals surface area contributed by atoms with Crippen molar-refractivity contribution in [1.29, 1.82) is 0 Å². The number of hydrogen-bond donors (Lipinski definition) is 2. The van der Waals surface area contributed by atoms with Crippen molar-refractivity contribution in [2.75, 3.05) is 7.11 Å². The first-order chi connectivity index (χ1) is 13.2. The van der Waals surface area contributed by atoms with Crippen LogP contribution in [0.2, 0.25) is 0 Å². The summed E-state index contributed by atoms with van der Waals surface area (Å²) in [5.41, 5.74) is 7.23. The molecule has 0 saturated heterocycles. The lowest BCUT2D eigenvalue weighted by Crippen LogP contribution is -2.40. The molecule has 8 nitrogen and oxygen atoms in total. The van der Waals surface area contributed by atoms with Gasteiger partial charge in [0, 0.05) is 11.4 Å². The molecule has 1 amide bonds. The summed E-state index contributed by atoms with van der Waals surface area (Å²) < 4.78 is 10.4. The van der Waals surface area contributed by atoms with Crippen LogP contribution in [0.5, 0.6) is 0 Å². The maximum absolute atomic E-state index is 12.8. The predicted molar refractivity (Wildman–Crippen MR) is 108 cm³/mol. The lowest BCUT2D eigenvalue weighted by Gasteiger charge is -2.21. The lowest BCUT2D eigenvalue weighted by molar-refractivity contribution is -0.133. The Morgan fingerprint density at radius 3 is 2.64 bits per heavy atom. The summed E-state index contributed by atoms with van der Waals surface area (Å²) in [5.74, 6) is -0.531. The third-order valence-electron chi connectivity index (χ3n) is 4.99. The van der Waals surface area contributed by atoms with Crippen molar-refractivity contribution in [1.82, 2.24) is 10.3 Å². The van der Waals surface area contributed by atoms with Crippen molar-refractivity contribution < 1.29 is 19.1 Å². The van der Waals surface area contributed by atoms with Gasteiger partial charge in [0.1, 0.15) is 5.01 Å². The molecule has 0 saturated carbocycles. The zero-order chi connectivity index (χ0) is 21.0. The minimum atomic E-state index is -0.929. The first kappa shape index (κ1) is 22.4. The zero-order valence-corrected chi connectivity index (χ0v) is 18.1. The van der Waals surface area contributed by atoms with Gasteiger partial charge in [-0.3, -0.25) is 4.79 Å².